The van der Waals surface area contributed by atoms with Gasteiger partial charge in [0.05, 0.1) is 6.20 Å². The van der Waals surface area contributed by atoms with Crippen molar-refractivity contribution in [2.45, 2.75) is 6.61 Å². The number of anilines is 1. The van der Waals surface area contributed by atoms with E-state index >= 15 is 0 Å². The summed E-state index contributed by atoms with van der Waals surface area (Å²) in [5.41, 5.74) is 5.86. The number of rotatable bonds is 3. The lowest BCUT2D eigenvalue weighted by Crippen LogP contribution is -2.06. The minimum atomic E-state index is -2.98. The largest absolute Gasteiger partial charge is 0.416 e. The number of halogens is 3. The van der Waals surface area contributed by atoms with Crippen LogP contribution in [-0.4, -0.2) is 26.2 Å². The molecule has 2 rings (SSSR count). The lowest BCUT2D eigenvalue weighted by atomic mass is 10.4. The highest BCUT2D eigenvalue weighted by molar-refractivity contribution is 9.10. The summed E-state index contributed by atoms with van der Waals surface area (Å²) in [5, 5.41) is 16.6. The highest BCUT2D eigenvalue weighted by Gasteiger charge is 2.22. The molecule has 7 nitrogen and oxygen atoms in total. The fraction of sp³-hybridized carbons (Fsp3) is 0.222. The number of nitriles is 1. The van der Waals surface area contributed by atoms with Crippen molar-refractivity contribution in [2.75, 3.05) is 5.73 Å². The molecule has 0 aromatic carbocycles. The van der Waals surface area contributed by atoms with Crippen LogP contribution in [0.2, 0.25) is 0 Å². The van der Waals surface area contributed by atoms with Crippen LogP contribution in [0.3, 0.4) is 0 Å². The summed E-state index contributed by atoms with van der Waals surface area (Å²) in [4.78, 5) is 0. The Hall–Kier alpha value is -2.15. The minimum absolute atomic E-state index is 0.0601. The SMILES string of the molecule is Cn1nc(-n2ncc(C#N)c2N)c(Br)c1OC(F)F. The highest BCUT2D eigenvalue weighted by Crippen LogP contribution is 2.32. The molecule has 0 aliphatic rings. The standard InChI is InChI=1S/C9H7BrF2N6O/c1-17-8(19-9(11)12)5(10)7(16-17)18-6(14)4(2-13)3-15-18/h3,9H,14H2,1H3. The van der Waals surface area contributed by atoms with Crippen LogP contribution in [0.1, 0.15) is 5.56 Å². The summed E-state index contributed by atoms with van der Waals surface area (Å²) in [6.07, 6.45) is 1.25. The number of aromatic nitrogens is 4. The van der Waals surface area contributed by atoms with E-state index in [1.165, 1.54) is 13.2 Å². The molecule has 0 atom stereocenters. The van der Waals surface area contributed by atoms with Gasteiger partial charge in [0.2, 0.25) is 5.88 Å². The van der Waals surface area contributed by atoms with Crippen molar-refractivity contribution >= 4 is 21.7 Å². The van der Waals surface area contributed by atoms with Crippen LogP contribution in [0.5, 0.6) is 5.88 Å². The molecule has 10 heteroatoms. The van der Waals surface area contributed by atoms with Crippen LogP contribution in [0, 0.1) is 11.3 Å². The molecule has 0 saturated heterocycles. The zero-order chi connectivity index (χ0) is 14.2. The van der Waals surface area contributed by atoms with Crippen molar-refractivity contribution in [2.24, 2.45) is 7.05 Å². The number of nitrogens with zero attached hydrogens (tertiary/aromatic N) is 5. The van der Waals surface area contributed by atoms with E-state index in [1.54, 1.807) is 0 Å². The van der Waals surface area contributed by atoms with E-state index in [-0.39, 0.29) is 27.6 Å². The van der Waals surface area contributed by atoms with Gasteiger partial charge in [-0.1, -0.05) is 0 Å². The Bertz CT molecular complexity index is 658. The maximum atomic E-state index is 12.3. The molecule has 2 heterocycles. The van der Waals surface area contributed by atoms with Crippen LogP contribution in [0.4, 0.5) is 14.6 Å². The van der Waals surface area contributed by atoms with Crippen LogP contribution >= 0.6 is 15.9 Å². The van der Waals surface area contributed by atoms with Gasteiger partial charge in [0.15, 0.2) is 5.82 Å². The molecule has 0 unspecified atom stereocenters. The molecule has 100 valence electrons. The molecule has 2 aromatic rings. The molecule has 0 amide bonds. The van der Waals surface area contributed by atoms with Gasteiger partial charge in [0, 0.05) is 7.05 Å². The fourth-order valence-corrected chi connectivity index (χ4v) is 2.03. The van der Waals surface area contributed by atoms with E-state index in [1.807, 2.05) is 6.07 Å². The topological polar surface area (TPSA) is 94.7 Å². The molecule has 0 spiro atoms. The first-order chi connectivity index (χ1) is 8.95. The number of hydrogen-bond donors (Lipinski definition) is 1. The van der Waals surface area contributed by atoms with E-state index < -0.39 is 6.61 Å². The first-order valence-corrected chi connectivity index (χ1v) is 5.66. The van der Waals surface area contributed by atoms with Crippen molar-refractivity contribution in [1.29, 1.82) is 5.26 Å². The zero-order valence-corrected chi connectivity index (χ0v) is 11.1. The molecule has 0 fully saturated rings. The Morgan fingerprint density at radius 1 is 1.58 bits per heavy atom. The first kappa shape index (κ1) is 13.3. The second kappa shape index (κ2) is 4.85. The monoisotopic (exact) mass is 332 g/mol. The number of alkyl halides is 2. The smallest absolute Gasteiger partial charge is 0.388 e. The van der Waals surface area contributed by atoms with Crippen LogP contribution in [0.15, 0.2) is 10.7 Å². The summed E-state index contributed by atoms with van der Waals surface area (Å²) in [6.45, 7) is -2.98. The van der Waals surface area contributed by atoms with E-state index in [9.17, 15) is 8.78 Å². The summed E-state index contributed by atoms with van der Waals surface area (Å²) in [6, 6.07) is 1.85. The van der Waals surface area contributed by atoms with E-state index in [0.717, 1.165) is 9.36 Å². The van der Waals surface area contributed by atoms with Crippen molar-refractivity contribution in [3.63, 3.8) is 0 Å². The van der Waals surface area contributed by atoms with Crippen molar-refractivity contribution in [1.82, 2.24) is 19.6 Å². The van der Waals surface area contributed by atoms with Crippen molar-refractivity contribution in [3.8, 4) is 17.8 Å². The third-order valence-electron chi connectivity index (χ3n) is 2.25. The van der Waals surface area contributed by atoms with Gasteiger partial charge in [-0.3, -0.25) is 0 Å². The third-order valence-corrected chi connectivity index (χ3v) is 2.94. The molecule has 0 bridgehead atoms. The second-order valence-electron chi connectivity index (χ2n) is 3.41. The van der Waals surface area contributed by atoms with E-state index in [0.29, 0.717) is 0 Å². The lowest BCUT2D eigenvalue weighted by Gasteiger charge is -2.03. The molecular weight excluding hydrogens is 326 g/mol. The van der Waals surface area contributed by atoms with Gasteiger partial charge in [-0.05, 0) is 15.9 Å². The van der Waals surface area contributed by atoms with Gasteiger partial charge in [0.1, 0.15) is 21.9 Å². The maximum Gasteiger partial charge on any atom is 0.388 e. The molecule has 2 aromatic heterocycles. The minimum Gasteiger partial charge on any atom is -0.416 e. The molecule has 0 aliphatic heterocycles. The Balaban J connectivity index is 2.52. The van der Waals surface area contributed by atoms with Crippen molar-refractivity contribution in [3.05, 3.63) is 16.2 Å². The third kappa shape index (κ3) is 2.24. The molecule has 0 radical (unpaired) electrons. The Morgan fingerprint density at radius 3 is 2.79 bits per heavy atom. The highest BCUT2D eigenvalue weighted by atomic mass is 79.9. The normalized spacial score (nSPS) is 10.7. The second-order valence-corrected chi connectivity index (χ2v) is 4.20. The fourth-order valence-electron chi connectivity index (χ4n) is 1.43. The molecule has 19 heavy (non-hydrogen) atoms. The quantitative estimate of drug-likeness (QED) is 0.917. The number of hydrogen-bond acceptors (Lipinski definition) is 5. The average Bonchev–Trinajstić information content (AvgIpc) is 2.83. The summed E-state index contributed by atoms with van der Waals surface area (Å²) in [5.74, 6) is 0.0421. The maximum absolute atomic E-state index is 12.3. The molecule has 2 N–H and O–H groups in total. The summed E-state index contributed by atoms with van der Waals surface area (Å²) >= 11 is 3.09. The van der Waals surface area contributed by atoms with Gasteiger partial charge in [-0.15, -0.1) is 5.10 Å². The summed E-state index contributed by atoms with van der Waals surface area (Å²) in [7, 11) is 1.43. The predicted octanol–water partition coefficient (Wildman–Crippen LogP) is 1.42. The van der Waals surface area contributed by atoms with Gasteiger partial charge >= 0.3 is 6.61 Å². The van der Waals surface area contributed by atoms with Crippen molar-refractivity contribution < 1.29 is 13.5 Å². The van der Waals surface area contributed by atoms with Gasteiger partial charge in [-0.2, -0.15) is 23.8 Å². The Morgan fingerprint density at radius 2 is 2.26 bits per heavy atom. The zero-order valence-electron chi connectivity index (χ0n) is 9.51. The Labute approximate surface area is 114 Å². The van der Waals surface area contributed by atoms with Gasteiger partial charge < -0.3 is 10.5 Å². The van der Waals surface area contributed by atoms with E-state index in [4.69, 9.17) is 11.0 Å². The molecular formula is C9H7BrF2N6O. The number of aryl methyl sites for hydroxylation is 1. The molecule has 0 aliphatic carbocycles. The van der Waals surface area contributed by atoms with Crippen LogP contribution in [-0.2, 0) is 7.05 Å². The Kier molecular flexibility index (Phi) is 3.39. The first-order valence-electron chi connectivity index (χ1n) is 4.87. The van der Waals surface area contributed by atoms with Gasteiger partial charge in [-0.25, -0.2) is 4.68 Å². The van der Waals surface area contributed by atoms with Gasteiger partial charge in [0.25, 0.3) is 0 Å². The number of ether oxygens (including phenoxy) is 1. The molecule has 0 saturated carbocycles. The average molecular weight is 333 g/mol. The number of nitrogens with two attached hydrogens (primary N) is 1. The summed E-state index contributed by atoms with van der Waals surface area (Å²) < 4.78 is 31.3. The lowest BCUT2D eigenvalue weighted by molar-refractivity contribution is -0.0558. The van der Waals surface area contributed by atoms with Crippen LogP contribution < -0.4 is 10.5 Å². The predicted molar refractivity (Wildman–Crippen MR) is 63.8 cm³/mol. The number of nitrogen functional groups attached to an aromatic ring is 1. The van der Waals surface area contributed by atoms with E-state index in [2.05, 4.69) is 30.9 Å². The van der Waals surface area contributed by atoms with Crippen LogP contribution in [0.25, 0.3) is 5.82 Å².